The summed E-state index contributed by atoms with van der Waals surface area (Å²) in [5.74, 6) is -0.151. The maximum Gasteiger partial charge on any atom is 0.323 e. The first kappa shape index (κ1) is 15.9. The molecule has 0 aromatic heterocycles. The number of carboxylic acids is 1. The number of amides is 1. The molecule has 100 valence electrons. The van der Waals surface area contributed by atoms with Crippen molar-refractivity contribution in [2.75, 3.05) is 6.54 Å². The van der Waals surface area contributed by atoms with Gasteiger partial charge in [0.15, 0.2) is 0 Å². The Morgan fingerprint density at radius 3 is 2.00 bits per heavy atom. The van der Waals surface area contributed by atoms with Crippen LogP contribution in [0.1, 0.15) is 47.5 Å². The Balaban J connectivity index is 4.37. The first-order valence-corrected chi connectivity index (χ1v) is 6.25. The van der Waals surface area contributed by atoms with Crippen LogP contribution in [-0.2, 0) is 9.59 Å². The second-order valence-corrected chi connectivity index (χ2v) is 5.45. The zero-order chi connectivity index (χ0) is 13.6. The summed E-state index contributed by atoms with van der Waals surface area (Å²) in [6.07, 6.45) is 1.42. The number of hydrogen-bond donors (Lipinski definition) is 1. The van der Waals surface area contributed by atoms with Crippen LogP contribution < -0.4 is 0 Å². The molecule has 1 atom stereocenters. The lowest BCUT2D eigenvalue weighted by Crippen LogP contribution is -2.41. The van der Waals surface area contributed by atoms with Gasteiger partial charge in [0.05, 0.1) is 0 Å². The van der Waals surface area contributed by atoms with E-state index in [-0.39, 0.29) is 18.5 Å². The molecule has 1 N–H and O–H groups in total. The molecule has 0 aromatic carbocycles. The zero-order valence-corrected chi connectivity index (χ0v) is 11.6. The van der Waals surface area contributed by atoms with Crippen molar-refractivity contribution in [1.29, 1.82) is 0 Å². The number of aliphatic carboxylic acids is 1. The third kappa shape index (κ3) is 6.97. The molecule has 0 saturated carbocycles. The van der Waals surface area contributed by atoms with Crippen LogP contribution in [0.25, 0.3) is 0 Å². The van der Waals surface area contributed by atoms with Gasteiger partial charge in [0.25, 0.3) is 0 Å². The van der Waals surface area contributed by atoms with E-state index in [0.717, 1.165) is 6.42 Å². The van der Waals surface area contributed by atoms with E-state index in [2.05, 4.69) is 13.8 Å². The van der Waals surface area contributed by atoms with Gasteiger partial charge in [-0.15, -0.1) is 0 Å². The van der Waals surface area contributed by atoms with E-state index in [1.54, 1.807) is 0 Å². The molecular weight excluding hydrogens is 218 g/mol. The Morgan fingerprint density at radius 2 is 1.65 bits per heavy atom. The Morgan fingerprint density at radius 1 is 1.12 bits per heavy atom. The van der Waals surface area contributed by atoms with Crippen molar-refractivity contribution in [3.8, 4) is 0 Å². The molecule has 4 heteroatoms. The van der Waals surface area contributed by atoms with E-state index >= 15 is 0 Å². The fourth-order valence-corrected chi connectivity index (χ4v) is 2.01. The average Bonchev–Trinajstić information content (AvgIpc) is 2.11. The third-order valence-corrected chi connectivity index (χ3v) is 2.65. The molecule has 0 aliphatic carbocycles. The highest BCUT2D eigenvalue weighted by molar-refractivity contribution is 5.81. The maximum absolute atomic E-state index is 12.0. The van der Waals surface area contributed by atoms with Gasteiger partial charge in [-0.25, -0.2) is 0 Å². The van der Waals surface area contributed by atoms with Crippen LogP contribution in [0.5, 0.6) is 0 Å². The van der Waals surface area contributed by atoms with Gasteiger partial charge in [-0.2, -0.15) is 0 Å². The van der Waals surface area contributed by atoms with E-state index in [1.165, 1.54) is 4.90 Å². The molecule has 1 amide bonds. The Hall–Kier alpha value is -1.06. The van der Waals surface area contributed by atoms with Crippen LogP contribution in [0.15, 0.2) is 0 Å². The molecule has 0 aliphatic heterocycles. The molecule has 0 rings (SSSR count). The van der Waals surface area contributed by atoms with Crippen LogP contribution in [0.3, 0.4) is 0 Å². The van der Waals surface area contributed by atoms with E-state index in [9.17, 15) is 9.59 Å². The van der Waals surface area contributed by atoms with E-state index < -0.39 is 5.97 Å². The standard InChI is InChI=1S/C13H25NO3/c1-9(2)6-11(5)7-12(15)14(10(3)4)8-13(16)17/h9-11H,6-8H2,1-5H3,(H,16,17). The predicted molar refractivity (Wildman–Crippen MR) is 67.7 cm³/mol. The molecule has 0 spiro atoms. The van der Waals surface area contributed by atoms with Crippen molar-refractivity contribution < 1.29 is 14.7 Å². The highest BCUT2D eigenvalue weighted by Gasteiger charge is 2.21. The van der Waals surface area contributed by atoms with Gasteiger partial charge in [-0.05, 0) is 32.1 Å². The summed E-state index contributed by atoms with van der Waals surface area (Å²) in [6, 6.07) is -0.0650. The van der Waals surface area contributed by atoms with Gasteiger partial charge >= 0.3 is 5.97 Å². The van der Waals surface area contributed by atoms with Crippen LogP contribution in [-0.4, -0.2) is 34.5 Å². The zero-order valence-electron chi connectivity index (χ0n) is 11.6. The summed E-state index contributed by atoms with van der Waals surface area (Å²) in [5, 5.41) is 8.77. The van der Waals surface area contributed by atoms with Crippen molar-refractivity contribution in [2.24, 2.45) is 11.8 Å². The van der Waals surface area contributed by atoms with Gasteiger partial charge in [-0.1, -0.05) is 20.8 Å². The molecule has 0 saturated heterocycles. The lowest BCUT2D eigenvalue weighted by molar-refractivity contribution is -0.146. The molecule has 0 radical (unpaired) electrons. The number of carbonyl (C=O) groups is 2. The summed E-state index contributed by atoms with van der Waals surface area (Å²) in [6.45, 7) is 9.76. The minimum atomic E-state index is -0.955. The fourth-order valence-electron chi connectivity index (χ4n) is 2.01. The van der Waals surface area contributed by atoms with Crippen LogP contribution in [0.2, 0.25) is 0 Å². The highest BCUT2D eigenvalue weighted by atomic mass is 16.4. The Kier molecular flexibility index (Phi) is 6.85. The van der Waals surface area contributed by atoms with E-state index in [0.29, 0.717) is 18.3 Å². The maximum atomic E-state index is 12.0. The lowest BCUT2D eigenvalue weighted by Gasteiger charge is -2.26. The number of carbonyl (C=O) groups excluding carboxylic acids is 1. The molecule has 17 heavy (non-hydrogen) atoms. The number of hydrogen-bond acceptors (Lipinski definition) is 2. The van der Waals surface area contributed by atoms with Gasteiger partial charge in [-0.3, -0.25) is 9.59 Å². The smallest absolute Gasteiger partial charge is 0.323 e. The largest absolute Gasteiger partial charge is 0.480 e. The molecular formula is C13H25NO3. The quantitative estimate of drug-likeness (QED) is 0.747. The first-order chi connectivity index (χ1) is 7.73. The van der Waals surface area contributed by atoms with Crippen molar-refractivity contribution in [1.82, 2.24) is 4.90 Å². The molecule has 0 aromatic rings. The lowest BCUT2D eigenvalue weighted by atomic mass is 9.95. The summed E-state index contributed by atoms with van der Waals surface area (Å²) in [7, 11) is 0. The summed E-state index contributed by atoms with van der Waals surface area (Å²) in [5.41, 5.74) is 0. The molecule has 0 aliphatic rings. The number of rotatable bonds is 7. The van der Waals surface area contributed by atoms with Crippen LogP contribution in [0, 0.1) is 11.8 Å². The SMILES string of the molecule is CC(C)CC(C)CC(=O)N(CC(=O)O)C(C)C. The van der Waals surface area contributed by atoms with Crippen LogP contribution >= 0.6 is 0 Å². The monoisotopic (exact) mass is 243 g/mol. The third-order valence-electron chi connectivity index (χ3n) is 2.65. The number of nitrogens with zero attached hydrogens (tertiary/aromatic N) is 1. The molecule has 0 fully saturated rings. The topological polar surface area (TPSA) is 57.6 Å². The van der Waals surface area contributed by atoms with Crippen molar-refractivity contribution in [2.45, 2.75) is 53.5 Å². The Labute approximate surface area is 104 Å². The summed E-state index contributed by atoms with van der Waals surface area (Å²) >= 11 is 0. The second-order valence-electron chi connectivity index (χ2n) is 5.45. The van der Waals surface area contributed by atoms with Gasteiger partial charge < -0.3 is 10.0 Å². The molecule has 0 heterocycles. The minimum absolute atomic E-state index is 0.0597. The highest BCUT2D eigenvalue weighted by Crippen LogP contribution is 2.16. The van der Waals surface area contributed by atoms with Crippen molar-refractivity contribution in [3.05, 3.63) is 0 Å². The van der Waals surface area contributed by atoms with Crippen LogP contribution in [0.4, 0.5) is 0 Å². The fraction of sp³-hybridized carbons (Fsp3) is 0.846. The van der Waals surface area contributed by atoms with E-state index in [4.69, 9.17) is 5.11 Å². The van der Waals surface area contributed by atoms with Gasteiger partial charge in [0, 0.05) is 12.5 Å². The number of carboxylic acid groups (broad SMARTS) is 1. The molecule has 1 unspecified atom stereocenters. The Bertz CT molecular complexity index is 261. The van der Waals surface area contributed by atoms with Gasteiger partial charge in [0.2, 0.25) is 5.91 Å². The minimum Gasteiger partial charge on any atom is -0.480 e. The van der Waals surface area contributed by atoms with E-state index in [1.807, 2.05) is 20.8 Å². The second kappa shape index (κ2) is 7.30. The summed E-state index contributed by atoms with van der Waals surface area (Å²) < 4.78 is 0. The van der Waals surface area contributed by atoms with Crippen molar-refractivity contribution in [3.63, 3.8) is 0 Å². The average molecular weight is 243 g/mol. The van der Waals surface area contributed by atoms with Gasteiger partial charge in [0.1, 0.15) is 6.54 Å². The normalized spacial score (nSPS) is 12.9. The molecule has 0 bridgehead atoms. The summed E-state index contributed by atoms with van der Waals surface area (Å²) in [4.78, 5) is 24.1. The first-order valence-electron chi connectivity index (χ1n) is 6.25. The molecule has 4 nitrogen and oxygen atoms in total. The van der Waals surface area contributed by atoms with Crippen molar-refractivity contribution >= 4 is 11.9 Å². The predicted octanol–water partition coefficient (Wildman–Crippen LogP) is 2.38.